The molecule has 0 heterocycles. The second kappa shape index (κ2) is 6.26. The minimum atomic E-state index is -0.999. The van der Waals surface area contributed by atoms with Gasteiger partial charge < -0.3 is 15.2 Å². The maximum Gasteiger partial charge on any atom is 0.305 e. The summed E-state index contributed by atoms with van der Waals surface area (Å²) in [5.41, 5.74) is 0.624. The van der Waals surface area contributed by atoms with Crippen LogP contribution in [0.2, 0.25) is 5.02 Å². The largest absolute Gasteiger partial charge is 0.495 e. The second-order valence-electron chi connectivity index (χ2n) is 3.74. The van der Waals surface area contributed by atoms with Crippen LogP contribution in [0.1, 0.15) is 24.9 Å². The number of halogens is 1. The smallest absolute Gasteiger partial charge is 0.305 e. The van der Waals surface area contributed by atoms with Gasteiger partial charge in [-0.1, -0.05) is 17.7 Å². The number of ether oxygens (including phenoxy) is 1. The van der Waals surface area contributed by atoms with Crippen molar-refractivity contribution in [3.8, 4) is 5.75 Å². The summed E-state index contributed by atoms with van der Waals surface area (Å²) < 4.78 is 5.01. The highest BCUT2D eigenvalue weighted by atomic mass is 35.5. The van der Waals surface area contributed by atoms with Crippen LogP contribution in [-0.4, -0.2) is 24.1 Å². The Labute approximate surface area is 110 Å². The van der Waals surface area contributed by atoms with Gasteiger partial charge in [0.1, 0.15) is 5.75 Å². The van der Waals surface area contributed by atoms with E-state index in [0.29, 0.717) is 16.3 Å². The van der Waals surface area contributed by atoms with Crippen LogP contribution in [-0.2, 0) is 9.59 Å². The molecule has 0 bridgehead atoms. The highest BCUT2D eigenvalue weighted by Crippen LogP contribution is 2.28. The number of nitrogens with one attached hydrogen (secondary N) is 1. The minimum absolute atomic E-state index is 0.206. The van der Waals surface area contributed by atoms with Gasteiger partial charge in [-0.3, -0.25) is 9.59 Å². The van der Waals surface area contributed by atoms with E-state index in [2.05, 4.69) is 5.32 Å². The monoisotopic (exact) mass is 271 g/mol. The molecule has 0 aliphatic carbocycles. The van der Waals surface area contributed by atoms with E-state index in [1.807, 2.05) is 0 Å². The third-order valence-corrected chi connectivity index (χ3v) is 2.63. The second-order valence-corrected chi connectivity index (χ2v) is 4.15. The predicted molar refractivity (Wildman–Crippen MR) is 66.8 cm³/mol. The fourth-order valence-electron chi connectivity index (χ4n) is 1.57. The third kappa shape index (κ3) is 3.92. The average molecular weight is 272 g/mol. The first kappa shape index (κ1) is 14.3. The number of benzene rings is 1. The van der Waals surface area contributed by atoms with Crippen molar-refractivity contribution in [2.75, 3.05) is 7.11 Å². The third-order valence-electron chi connectivity index (χ3n) is 2.33. The molecule has 18 heavy (non-hydrogen) atoms. The molecule has 0 unspecified atom stereocenters. The maximum absolute atomic E-state index is 11.1. The molecule has 1 amide bonds. The van der Waals surface area contributed by atoms with Crippen molar-refractivity contribution in [3.05, 3.63) is 28.8 Å². The molecule has 1 aromatic carbocycles. The Morgan fingerprint density at radius 3 is 2.61 bits per heavy atom. The summed E-state index contributed by atoms with van der Waals surface area (Å²) in [6.07, 6.45) is -0.206. The van der Waals surface area contributed by atoms with Crippen LogP contribution in [0.25, 0.3) is 0 Å². The van der Waals surface area contributed by atoms with Gasteiger partial charge in [-0.25, -0.2) is 0 Å². The van der Waals surface area contributed by atoms with Gasteiger partial charge in [-0.05, 0) is 17.7 Å². The van der Waals surface area contributed by atoms with E-state index < -0.39 is 12.0 Å². The standard InChI is InChI=1S/C12H14ClNO4/c1-7(15)14-10(6-12(16)17)8-3-4-11(18-2)9(13)5-8/h3-5,10H,6H2,1-2H3,(H,14,15)(H,16,17)/t10-/m1/s1. The van der Waals surface area contributed by atoms with Crippen molar-refractivity contribution in [2.45, 2.75) is 19.4 Å². The van der Waals surface area contributed by atoms with E-state index in [-0.39, 0.29) is 12.3 Å². The normalized spacial score (nSPS) is 11.7. The fraction of sp³-hybridized carbons (Fsp3) is 0.333. The SMILES string of the molecule is COc1ccc([C@@H](CC(=O)O)NC(C)=O)cc1Cl. The van der Waals surface area contributed by atoms with E-state index in [1.165, 1.54) is 14.0 Å². The Bertz CT molecular complexity index is 445. The van der Waals surface area contributed by atoms with E-state index in [0.717, 1.165) is 0 Å². The Morgan fingerprint density at radius 1 is 1.50 bits per heavy atom. The molecule has 0 aliphatic rings. The minimum Gasteiger partial charge on any atom is -0.495 e. The zero-order valence-corrected chi connectivity index (χ0v) is 10.8. The van der Waals surface area contributed by atoms with Crippen LogP contribution in [0.3, 0.4) is 0 Å². The Balaban J connectivity index is 3.00. The van der Waals surface area contributed by atoms with Gasteiger partial charge in [-0.15, -0.1) is 0 Å². The molecule has 1 rings (SSSR count). The number of methoxy groups -OCH3 is 1. The first-order valence-electron chi connectivity index (χ1n) is 5.26. The lowest BCUT2D eigenvalue weighted by Gasteiger charge is -2.17. The number of carbonyl (C=O) groups is 2. The molecule has 0 radical (unpaired) electrons. The van der Waals surface area contributed by atoms with E-state index in [4.69, 9.17) is 21.4 Å². The van der Waals surface area contributed by atoms with Crippen molar-refractivity contribution in [1.82, 2.24) is 5.32 Å². The molecule has 0 saturated heterocycles. The number of hydrogen-bond acceptors (Lipinski definition) is 3. The predicted octanol–water partition coefficient (Wildman–Crippen LogP) is 2.00. The molecule has 1 atom stereocenters. The molecule has 0 aliphatic heterocycles. The molecular weight excluding hydrogens is 258 g/mol. The van der Waals surface area contributed by atoms with Crippen molar-refractivity contribution in [3.63, 3.8) is 0 Å². The van der Waals surface area contributed by atoms with E-state index in [1.54, 1.807) is 18.2 Å². The average Bonchev–Trinajstić information content (AvgIpc) is 2.26. The van der Waals surface area contributed by atoms with Gasteiger partial charge in [0.15, 0.2) is 0 Å². The zero-order valence-electron chi connectivity index (χ0n) is 10.1. The lowest BCUT2D eigenvalue weighted by atomic mass is 10.0. The number of amides is 1. The quantitative estimate of drug-likeness (QED) is 0.859. The topological polar surface area (TPSA) is 75.6 Å². The first-order chi connectivity index (χ1) is 8.43. The van der Waals surface area contributed by atoms with E-state index in [9.17, 15) is 9.59 Å². The van der Waals surface area contributed by atoms with Gasteiger partial charge in [-0.2, -0.15) is 0 Å². The number of carboxylic acids is 1. The molecule has 2 N–H and O–H groups in total. The van der Waals surface area contributed by atoms with Gasteiger partial charge >= 0.3 is 5.97 Å². The highest BCUT2D eigenvalue weighted by Gasteiger charge is 2.17. The zero-order chi connectivity index (χ0) is 13.7. The van der Waals surface area contributed by atoms with Crippen molar-refractivity contribution in [1.29, 1.82) is 0 Å². The number of rotatable bonds is 5. The van der Waals surface area contributed by atoms with Gasteiger partial charge in [0.05, 0.1) is 24.6 Å². The maximum atomic E-state index is 11.1. The summed E-state index contributed by atoms with van der Waals surface area (Å²) in [6.45, 7) is 1.33. The summed E-state index contributed by atoms with van der Waals surface area (Å²) in [5, 5.41) is 11.8. The van der Waals surface area contributed by atoms with Crippen LogP contribution >= 0.6 is 11.6 Å². The lowest BCUT2D eigenvalue weighted by molar-refractivity contribution is -0.137. The lowest BCUT2D eigenvalue weighted by Crippen LogP contribution is -2.28. The van der Waals surface area contributed by atoms with Gasteiger partial charge in [0.2, 0.25) is 5.91 Å². The summed E-state index contributed by atoms with van der Waals surface area (Å²) in [4.78, 5) is 21.8. The molecule has 5 nitrogen and oxygen atoms in total. The molecule has 0 spiro atoms. The molecular formula is C12H14ClNO4. The van der Waals surface area contributed by atoms with Gasteiger partial charge in [0, 0.05) is 6.92 Å². The summed E-state index contributed by atoms with van der Waals surface area (Å²) >= 11 is 5.96. The molecule has 6 heteroatoms. The summed E-state index contributed by atoms with van der Waals surface area (Å²) in [6, 6.07) is 4.29. The Kier molecular flexibility index (Phi) is 4.97. The molecule has 98 valence electrons. The summed E-state index contributed by atoms with van der Waals surface area (Å²) in [5.74, 6) is -0.800. The number of hydrogen-bond donors (Lipinski definition) is 2. The molecule has 0 aromatic heterocycles. The van der Waals surface area contributed by atoms with Crippen LogP contribution in [0.4, 0.5) is 0 Å². The summed E-state index contributed by atoms with van der Waals surface area (Å²) in [7, 11) is 1.49. The van der Waals surface area contributed by atoms with E-state index >= 15 is 0 Å². The number of carboxylic acid groups (broad SMARTS) is 1. The van der Waals surface area contributed by atoms with Crippen molar-refractivity contribution in [2.24, 2.45) is 0 Å². The number of carbonyl (C=O) groups excluding carboxylic acids is 1. The van der Waals surface area contributed by atoms with Crippen molar-refractivity contribution >= 4 is 23.5 Å². The van der Waals surface area contributed by atoms with Crippen LogP contribution in [0.15, 0.2) is 18.2 Å². The van der Waals surface area contributed by atoms with Gasteiger partial charge in [0.25, 0.3) is 0 Å². The van der Waals surface area contributed by atoms with Crippen LogP contribution < -0.4 is 10.1 Å². The van der Waals surface area contributed by atoms with Crippen molar-refractivity contribution < 1.29 is 19.4 Å². The molecule has 1 aromatic rings. The Hall–Kier alpha value is -1.75. The number of aliphatic carboxylic acids is 1. The molecule has 0 fully saturated rings. The van der Waals surface area contributed by atoms with Crippen LogP contribution in [0.5, 0.6) is 5.75 Å². The highest BCUT2D eigenvalue weighted by molar-refractivity contribution is 6.32. The fourth-order valence-corrected chi connectivity index (χ4v) is 1.84. The Morgan fingerprint density at radius 2 is 2.17 bits per heavy atom. The first-order valence-corrected chi connectivity index (χ1v) is 5.64. The van der Waals surface area contributed by atoms with Crippen LogP contribution in [0, 0.1) is 0 Å². The molecule has 0 saturated carbocycles.